The molecule has 3 heterocycles. The summed E-state index contributed by atoms with van der Waals surface area (Å²) in [6.45, 7) is 2.73. The highest BCUT2D eigenvalue weighted by Crippen LogP contribution is 2.31. The van der Waals surface area contributed by atoms with E-state index in [0.717, 1.165) is 32.5 Å². The summed E-state index contributed by atoms with van der Waals surface area (Å²) in [5, 5.41) is 3.51. The van der Waals surface area contributed by atoms with Gasteiger partial charge in [0.15, 0.2) is 0 Å². The summed E-state index contributed by atoms with van der Waals surface area (Å²) in [6, 6.07) is 3.55. The van der Waals surface area contributed by atoms with Gasteiger partial charge < -0.3 is 15.0 Å². The molecule has 2 aliphatic heterocycles. The number of nitrogens with one attached hydrogen (secondary N) is 1. The van der Waals surface area contributed by atoms with Gasteiger partial charge in [-0.05, 0) is 37.9 Å². The SMILES string of the molecule is COc1ncccc1C(=O)N1CCC2(CCN2)CC1. The molecule has 3 rings (SSSR count). The number of nitrogens with zero attached hydrogens (tertiary/aromatic N) is 2. The van der Waals surface area contributed by atoms with Crippen LogP contribution in [-0.2, 0) is 0 Å². The molecule has 0 aliphatic carbocycles. The lowest BCUT2D eigenvalue weighted by Gasteiger charge is -2.48. The average molecular weight is 261 g/mol. The fourth-order valence-electron chi connectivity index (χ4n) is 2.93. The van der Waals surface area contributed by atoms with Gasteiger partial charge in [-0.15, -0.1) is 0 Å². The van der Waals surface area contributed by atoms with Crippen molar-refractivity contribution >= 4 is 5.91 Å². The van der Waals surface area contributed by atoms with Gasteiger partial charge in [-0.1, -0.05) is 0 Å². The summed E-state index contributed by atoms with van der Waals surface area (Å²) in [7, 11) is 1.54. The van der Waals surface area contributed by atoms with E-state index in [0.29, 0.717) is 17.0 Å². The van der Waals surface area contributed by atoms with Crippen LogP contribution in [0.5, 0.6) is 5.88 Å². The fourth-order valence-corrected chi connectivity index (χ4v) is 2.93. The van der Waals surface area contributed by atoms with Gasteiger partial charge in [-0.3, -0.25) is 4.79 Å². The van der Waals surface area contributed by atoms with Crippen molar-refractivity contribution in [1.29, 1.82) is 0 Å². The Morgan fingerprint density at radius 2 is 2.16 bits per heavy atom. The van der Waals surface area contributed by atoms with E-state index in [9.17, 15) is 4.79 Å². The van der Waals surface area contributed by atoms with Crippen LogP contribution in [0.15, 0.2) is 18.3 Å². The van der Waals surface area contributed by atoms with Crippen molar-refractivity contribution in [3.8, 4) is 5.88 Å². The molecule has 2 fully saturated rings. The summed E-state index contributed by atoms with van der Waals surface area (Å²) < 4.78 is 5.16. The lowest BCUT2D eigenvalue weighted by Crippen LogP contribution is -2.62. The van der Waals surface area contributed by atoms with Crippen LogP contribution in [0, 0.1) is 0 Å². The molecular formula is C14H19N3O2. The minimum Gasteiger partial charge on any atom is -0.480 e. The molecule has 2 saturated heterocycles. The number of carbonyl (C=O) groups is 1. The van der Waals surface area contributed by atoms with Crippen LogP contribution < -0.4 is 10.1 Å². The summed E-state index contributed by atoms with van der Waals surface area (Å²) in [5.41, 5.74) is 0.873. The molecule has 1 spiro atoms. The first-order valence-corrected chi connectivity index (χ1v) is 6.77. The minimum atomic E-state index is 0.0270. The topological polar surface area (TPSA) is 54.5 Å². The Morgan fingerprint density at radius 3 is 2.74 bits per heavy atom. The second kappa shape index (κ2) is 4.81. The van der Waals surface area contributed by atoms with Crippen molar-refractivity contribution in [2.75, 3.05) is 26.7 Å². The van der Waals surface area contributed by atoms with E-state index in [-0.39, 0.29) is 5.91 Å². The maximum atomic E-state index is 12.5. The molecule has 0 atom stereocenters. The molecule has 5 heteroatoms. The Labute approximate surface area is 113 Å². The minimum absolute atomic E-state index is 0.0270. The van der Waals surface area contributed by atoms with Crippen molar-refractivity contribution in [1.82, 2.24) is 15.2 Å². The van der Waals surface area contributed by atoms with Crippen molar-refractivity contribution in [2.45, 2.75) is 24.8 Å². The Morgan fingerprint density at radius 1 is 1.42 bits per heavy atom. The molecule has 0 bridgehead atoms. The number of aromatic nitrogens is 1. The van der Waals surface area contributed by atoms with Crippen LogP contribution in [0.3, 0.4) is 0 Å². The van der Waals surface area contributed by atoms with E-state index >= 15 is 0 Å². The molecule has 1 aromatic rings. The number of ether oxygens (including phenoxy) is 1. The number of amides is 1. The Kier molecular flexibility index (Phi) is 3.14. The van der Waals surface area contributed by atoms with Gasteiger partial charge in [0.25, 0.3) is 5.91 Å². The number of likely N-dealkylation sites (tertiary alicyclic amines) is 1. The van der Waals surface area contributed by atoms with Gasteiger partial charge in [0, 0.05) is 24.8 Å². The highest BCUT2D eigenvalue weighted by atomic mass is 16.5. The molecule has 19 heavy (non-hydrogen) atoms. The molecule has 1 aromatic heterocycles. The third-order valence-corrected chi connectivity index (χ3v) is 4.31. The number of hydrogen-bond donors (Lipinski definition) is 1. The third-order valence-electron chi connectivity index (χ3n) is 4.31. The van der Waals surface area contributed by atoms with Crippen LogP contribution >= 0.6 is 0 Å². The molecule has 5 nitrogen and oxygen atoms in total. The number of piperidine rings is 1. The van der Waals surface area contributed by atoms with Crippen LogP contribution in [0.1, 0.15) is 29.6 Å². The monoisotopic (exact) mass is 261 g/mol. The average Bonchev–Trinajstić information content (AvgIpc) is 2.45. The number of methoxy groups -OCH3 is 1. The van der Waals surface area contributed by atoms with Gasteiger partial charge in [0.2, 0.25) is 5.88 Å². The molecule has 0 radical (unpaired) electrons. The quantitative estimate of drug-likeness (QED) is 0.865. The maximum absolute atomic E-state index is 12.5. The summed E-state index contributed by atoms with van der Waals surface area (Å²) in [4.78, 5) is 18.5. The number of pyridine rings is 1. The normalized spacial score (nSPS) is 21.0. The summed E-state index contributed by atoms with van der Waals surface area (Å²) in [5.74, 6) is 0.439. The van der Waals surface area contributed by atoms with E-state index in [1.807, 2.05) is 4.90 Å². The van der Waals surface area contributed by atoms with E-state index in [2.05, 4.69) is 10.3 Å². The molecule has 0 aromatic carbocycles. The molecule has 0 unspecified atom stereocenters. The number of hydrogen-bond acceptors (Lipinski definition) is 4. The van der Waals surface area contributed by atoms with Crippen molar-refractivity contribution in [3.63, 3.8) is 0 Å². The first kappa shape index (κ1) is 12.4. The van der Waals surface area contributed by atoms with Gasteiger partial charge >= 0.3 is 0 Å². The molecule has 2 aliphatic rings. The largest absolute Gasteiger partial charge is 0.480 e. The maximum Gasteiger partial charge on any atom is 0.259 e. The number of carbonyl (C=O) groups excluding carboxylic acids is 1. The predicted molar refractivity (Wildman–Crippen MR) is 71.3 cm³/mol. The lowest BCUT2D eigenvalue weighted by atomic mass is 9.79. The van der Waals surface area contributed by atoms with Gasteiger partial charge in [-0.2, -0.15) is 0 Å². The van der Waals surface area contributed by atoms with Crippen molar-refractivity contribution in [2.24, 2.45) is 0 Å². The highest BCUT2D eigenvalue weighted by molar-refractivity contribution is 5.96. The van der Waals surface area contributed by atoms with E-state index in [1.165, 1.54) is 6.42 Å². The second-order valence-corrected chi connectivity index (χ2v) is 5.31. The molecule has 1 amide bonds. The first-order chi connectivity index (χ1) is 9.24. The lowest BCUT2D eigenvalue weighted by molar-refractivity contribution is 0.0537. The van der Waals surface area contributed by atoms with Gasteiger partial charge in [0.1, 0.15) is 5.56 Å². The fraction of sp³-hybridized carbons (Fsp3) is 0.571. The Balaban J connectivity index is 1.71. The second-order valence-electron chi connectivity index (χ2n) is 5.31. The number of rotatable bonds is 2. The van der Waals surface area contributed by atoms with Crippen LogP contribution in [-0.4, -0.2) is 48.1 Å². The molecule has 102 valence electrons. The van der Waals surface area contributed by atoms with E-state index < -0.39 is 0 Å². The zero-order valence-corrected chi connectivity index (χ0v) is 11.2. The van der Waals surface area contributed by atoms with E-state index in [1.54, 1.807) is 25.4 Å². The summed E-state index contributed by atoms with van der Waals surface area (Å²) in [6.07, 6.45) is 4.97. The Bertz CT molecular complexity index is 475. The Hall–Kier alpha value is -1.62. The van der Waals surface area contributed by atoms with Crippen LogP contribution in [0.2, 0.25) is 0 Å². The van der Waals surface area contributed by atoms with Crippen molar-refractivity contribution < 1.29 is 9.53 Å². The van der Waals surface area contributed by atoms with Crippen molar-refractivity contribution in [3.05, 3.63) is 23.9 Å². The zero-order valence-electron chi connectivity index (χ0n) is 11.2. The molecule has 0 saturated carbocycles. The zero-order chi connectivity index (χ0) is 13.3. The third kappa shape index (κ3) is 2.18. The van der Waals surface area contributed by atoms with Gasteiger partial charge in [0.05, 0.1) is 7.11 Å². The standard InChI is InChI=1S/C14H19N3O2/c1-19-12-11(3-2-7-15-12)13(18)17-9-5-14(6-10-17)4-8-16-14/h2-3,7,16H,4-6,8-10H2,1H3. The van der Waals surface area contributed by atoms with E-state index in [4.69, 9.17) is 4.74 Å². The van der Waals surface area contributed by atoms with Gasteiger partial charge in [-0.25, -0.2) is 4.98 Å². The first-order valence-electron chi connectivity index (χ1n) is 6.77. The molecular weight excluding hydrogens is 242 g/mol. The van der Waals surface area contributed by atoms with Crippen LogP contribution in [0.25, 0.3) is 0 Å². The molecule has 1 N–H and O–H groups in total. The predicted octanol–water partition coefficient (Wildman–Crippen LogP) is 1.06. The smallest absolute Gasteiger partial charge is 0.259 e. The highest BCUT2D eigenvalue weighted by Gasteiger charge is 2.40. The summed E-state index contributed by atoms with van der Waals surface area (Å²) >= 11 is 0. The van der Waals surface area contributed by atoms with Crippen LogP contribution in [0.4, 0.5) is 0 Å².